The van der Waals surface area contributed by atoms with Crippen molar-refractivity contribution in [2.45, 2.75) is 12.8 Å². The quantitative estimate of drug-likeness (QED) is 0.885. The number of aliphatic hydroxyl groups excluding tert-OH is 1. The van der Waals surface area contributed by atoms with Crippen molar-refractivity contribution < 1.29 is 14.6 Å². The van der Waals surface area contributed by atoms with Gasteiger partial charge < -0.3 is 14.6 Å². The van der Waals surface area contributed by atoms with E-state index in [0.29, 0.717) is 0 Å². The normalized spacial score (nSPS) is 15.6. The summed E-state index contributed by atoms with van der Waals surface area (Å²) in [4.78, 5) is 0. The molecule has 0 bridgehead atoms. The monoisotopic (exact) mass is 258 g/mol. The van der Waals surface area contributed by atoms with Crippen molar-refractivity contribution in [3.63, 3.8) is 0 Å². The van der Waals surface area contributed by atoms with Crippen molar-refractivity contribution in [1.82, 2.24) is 0 Å². The lowest BCUT2D eigenvalue weighted by molar-refractivity contribution is 0.171. The summed E-state index contributed by atoms with van der Waals surface area (Å²) in [7, 11) is 0. The third-order valence-electron chi connectivity index (χ3n) is 2.31. The van der Waals surface area contributed by atoms with E-state index >= 15 is 0 Å². The van der Waals surface area contributed by atoms with Gasteiger partial charge in [0.05, 0.1) is 4.47 Å². The lowest BCUT2D eigenvalue weighted by atomic mass is 10.0. The van der Waals surface area contributed by atoms with Crippen molar-refractivity contribution in [2.75, 3.05) is 13.4 Å². The predicted octanol–water partition coefficient (Wildman–Crippen LogP) is 2.27. The van der Waals surface area contributed by atoms with E-state index in [1.54, 1.807) is 0 Å². The van der Waals surface area contributed by atoms with E-state index in [4.69, 9.17) is 14.6 Å². The average molecular weight is 259 g/mol. The number of hydrogen-bond acceptors (Lipinski definition) is 3. The Morgan fingerprint density at radius 2 is 2.14 bits per heavy atom. The van der Waals surface area contributed by atoms with Crippen LogP contribution in [0.25, 0.3) is 0 Å². The van der Waals surface area contributed by atoms with Gasteiger partial charge in [-0.25, -0.2) is 0 Å². The molecule has 76 valence electrons. The Balaban J connectivity index is 2.48. The minimum Gasteiger partial charge on any atom is -0.453 e. The van der Waals surface area contributed by atoms with Crippen LogP contribution < -0.4 is 9.47 Å². The minimum atomic E-state index is 0.0681. The second kappa shape index (κ2) is 3.79. The molecule has 14 heavy (non-hydrogen) atoms. The van der Waals surface area contributed by atoms with Gasteiger partial charge in [0.2, 0.25) is 6.79 Å². The van der Waals surface area contributed by atoms with E-state index in [1.807, 2.05) is 19.1 Å². The van der Waals surface area contributed by atoms with Crippen LogP contribution in [0.4, 0.5) is 0 Å². The second-order valence-corrected chi connectivity index (χ2v) is 4.14. The highest BCUT2D eigenvalue weighted by Crippen LogP contribution is 2.43. The van der Waals surface area contributed by atoms with Crippen LogP contribution in [-0.2, 0) is 0 Å². The third kappa shape index (κ3) is 1.48. The Morgan fingerprint density at radius 1 is 1.43 bits per heavy atom. The van der Waals surface area contributed by atoms with Crippen molar-refractivity contribution in [1.29, 1.82) is 0 Å². The lowest BCUT2D eigenvalue weighted by Gasteiger charge is -2.11. The molecule has 0 saturated heterocycles. The zero-order valence-electron chi connectivity index (χ0n) is 7.79. The largest absolute Gasteiger partial charge is 0.453 e. The van der Waals surface area contributed by atoms with Gasteiger partial charge in [0.15, 0.2) is 11.5 Å². The molecule has 1 N–H and O–H groups in total. The van der Waals surface area contributed by atoms with Crippen LogP contribution in [0, 0.1) is 0 Å². The van der Waals surface area contributed by atoms with E-state index in [9.17, 15) is 0 Å². The molecule has 0 spiro atoms. The van der Waals surface area contributed by atoms with Crippen LogP contribution in [-0.4, -0.2) is 18.5 Å². The zero-order chi connectivity index (χ0) is 10.1. The summed E-state index contributed by atoms with van der Waals surface area (Å²) in [5.41, 5.74) is 0.989. The molecule has 4 heteroatoms. The average Bonchev–Trinajstić information content (AvgIpc) is 2.67. The topological polar surface area (TPSA) is 38.7 Å². The fourth-order valence-corrected chi connectivity index (χ4v) is 1.90. The Labute approximate surface area is 90.8 Å². The van der Waals surface area contributed by atoms with Crippen molar-refractivity contribution in [3.8, 4) is 11.5 Å². The third-order valence-corrected chi connectivity index (χ3v) is 2.93. The number of halogens is 1. The van der Waals surface area contributed by atoms with E-state index in [2.05, 4.69) is 15.9 Å². The maximum atomic E-state index is 9.08. The number of ether oxygens (including phenoxy) is 2. The minimum absolute atomic E-state index is 0.0681. The Bertz CT molecular complexity index is 351. The lowest BCUT2D eigenvalue weighted by Crippen LogP contribution is -2.01. The number of rotatable bonds is 2. The molecule has 0 amide bonds. The van der Waals surface area contributed by atoms with Gasteiger partial charge in [-0.3, -0.25) is 0 Å². The van der Waals surface area contributed by atoms with E-state index in [0.717, 1.165) is 21.5 Å². The van der Waals surface area contributed by atoms with Crippen LogP contribution >= 0.6 is 15.9 Å². The maximum absolute atomic E-state index is 9.08. The Morgan fingerprint density at radius 3 is 2.86 bits per heavy atom. The first-order valence-corrected chi connectivity index (χ1v) is 5.22. The molecule has 2 rings (SSSR count). The smallest absolute Gasteiger partial charge is 0.231 e. The Kier molecular flexibility index (Phi) is 2.65. The van der Waals surface area contributed by atoms with Crippen LogP contribution in [0.1, 0.15) is 18.4 Å². The number of aliphatic hydroxyl groups is 1. The fourth-order valence-electron chi connectivity index (χ4n) is 1.47. The van der Waals surface area contributed by atoms with Crippen molar-refractivity contribution in [2.24, 2.45) is 0 Å². The van der Waals surface area contributed by atoms with Gasteiger partial charge in [-0.1, -0.05) is 13.0 Å². The van der Waals surface area contributed by atoms with Gasteiger partial charge >= 0.3 is 0 Å². The zero-order valence-corrected chi connectivity index (χ0v) is 9.37. The highest BCUT2D eigenvalue weighted by Gasteiger charge is 2.23. The van der Waals surface area contributed by atoms with Gasteiger partial charge in [-0.05, 0) is 22.0 Å². The first-order chi connectivity index (χ1) is 6.74. The molecule has 0 saturated carbocycles. The molecule has 1 aliphatic heterocycles. The molecule has 0 fully saturated rings. The summed E-state index contributed by atoms with van der Waals surface area (Å²) in [6.07, 6.45) is 0. The molecular formula is C10H11BrO3. The summed E-state index contributed by atoms with van der Waals surface area (Å²) in [5.74, 6) is 1.56. The van der Waals surface area contributed by atoms with Gasteiger partial charge in [-0.2, -0.15) is 0 Å². The van der Waals surface area contributed by atoms with Gasteiger partial charge in [0.1, 0.15) is 0 Å². The van der Waals surface area contributed by atoms with Crippen LogP contribution in [0.5, 0.6) is 11.5 Å². The summed E-state index contributed by atoms with van der Waals surface area (Å²) >= 11 is 3.38. The van der Waals surface area contributed by atoms with E-state index in [1.165, 1.54) is 0 Å². The van der Waals surface area contributed by atoms with Gasteiger partial charge in [-0.15, -0.1) is 0 Å². The maximum Gasteiger partial charge on any atom is 0.231 e. The van der Waals surface area contributed by atoms with Gasteiger partial charge in [0, 0.05) is 18.1 Å². The second-order valence-electron chi connectivity index (χ2n) is 3.29. The molecule has 1 unspecified atom stereocenters. The number of fused-ring (bicyclic) bond motifs is 1. The molecule has 0 aromatic heterocycles. The highest BCUT2D eigenvalue weighted by molar-refractivity contribution is 9.10. The van der Waals surface area contributed by atoms with Crippen LogP contribution in [0.2, 0.25) is 0 Å². The summed E-state index contributed by atoms with van der Waals surface area (Å²) in [6, 6.07) is 3.85. The molecule has 0 aliphatic carbocycles. The standard InChI is InChI=1S/C10H11BrO3/c1-6(4-12)7-2-3-8(11)10-9(7)13-5-14-10/h2-3,6,12H,4-5H2,1H3. The molecule has 1 aliphatic rings. The predicted molar refractivity (Wildman–Crippen MR) is 55.8 cm³/mol. The number of benzene rings is 1. The molecule has 1 aromatic carbocycles. The first-order valence-electron chi connectivity index (χ1n) is 4.43. The van der Waals surface area contributed by atoms with Crippen LogP contribution in [0.3, 0.4) is 0 Å². The Hall–Kier alpha value is -0.740. The number of hydrogen-bond donors (Lipinski definition) is 1. The molecule has 3 nitrogen and oxygen atoms in total. The summed E-state index contributed by atoms with van der Waals surface area (Å²) < 4.78 is 11.6. The van der Waals surface area contributed by atoms with Crippen LogP contribution in [0.15, 0.2) is 16.6 Å². The first kappa shape index (κ1) is 9.80. The SMILES string of the molecule is CC(CO)c1ccc(Br)c2c1OCO2. The molecule has 1 aromatic rings. The van der Waals surface area contributed by atoms with Crippen molar-refractivity contribution >= 4 is 15.9 Å². The van der Waals surface area contributed by atoms with E-state index < -0.39 is 0 Å². The summed E-state index contributed by atoms with van der Waals surface area (Å²) in [5, 5.41) is 9.08. The highest BCUT2D eigenvalue weighted by atomic mass is 79.9. The van der Waals surface area contributed by atoms with Gasteiger partial charge in [0.25, 0.3) is 0 Å². The molecule has 1 heterocycles. The molecule has 1 atom stereocenters. The fraction of sp³-hybridized carbons (Fsp3) is 0.400. The van der Waals surface area contributed by atoms with Crippen molar-refractivity contribution in [3.05, 3.63) is 22.2 Å². The van der Waals surface area contributed by atoms with E-state index in [-0.39, 0.29) is 19.3 Å². The summed E-state index contributed by atoms with van der Waals surface area (Å²) in [6.45, 7) is 2.31. The molecule has 0 radical (unpaired) electrons. The molecular weight excluding hydrogens is 248 g/mol.